The monoisotopic (exact) mass is 445 g/mol. The Hall–Kier alpha value is -1.04. The average molecular weight is 446 g/mol. The van der Waals surface area contributed by atoms with Crippen LogP contribution in [0.25, 0.3) is 0 Å². The number of nitrogens with one attached hydrogen (secondary N) is 1. The van der Waals surface area contributed by atoms with Gasteiger partial charge in [0.25, 0.3) is 0 Å². The number of piperidine rings is 1. The molecule has 0 amide bonds. The molecule has 2 heterocycles. The van der Waals surface area contributed by atoms with E-state index in [2.05, 4.69) is 9.62 Å². The van der Waals surface area contributed by atoms with Gasteiger partial charge in [0.15, 0.2) is 0 Å². The third kappa shape index (κ3) is 5.99. The zero-order chi connectivity index (χ0) is 20.9. The van der Waals surface area contributed by atoms with Crippen LogP contribution in [0.3, 0.4) is 0 Å². The first kappa shape index (κ1) is 22.6. The Morgan fingerprint density at radius 3 is 2.14 bits per heavy atom. The summed E-state index contributed by atoms with van der Waals surface area (Å²) in [5.74, 6) is 0.198. The van der Waals surface area contributed by atoms with E-state index in [1.54, 1.807) is 0 Å². The maximum absolute atomic E-state index is 12.7. The molecule has 1 atom stereocenters. The quantitative estimate of drug-likeness (QED) is 0.644. The topological polar surface area (TPSA) is 96.0 Å². The van der Waals surface area contributed by atoms with E-state index in [1.165, 1.54) is 47.8 Å². The molecule has 1 aromatic rings. The van der Waals surface area contributed by atoms with Crippen molar-refractivity contribution < 1.29 is 21.6 Å². The third-order valence-corrected chi connectivity index (χ3v) is 8.73. The SMILES string of the molecule is CC(CNS(=O)(=O)c1ccc(S(=O)(=O)N2CCOCC2)cc1)CN1CCCCC1. The normalized spacial score (nSPS) is 21.1. The standard InChI is InChI=1S/C19H31N3O5S2/c1-17(16-21-9-3-2-4-10-21)15-20-28(23,24)18-5-7-19(8-6-18)29(25,26)22-11-13-27-14-12-22/h5-8,17,20H,2-4,9-16H2,1H3. The lowest BCUT2D eigenvalue weighted by molar-refractivity contribution is 0.0730. The Morgan fingerprint density at radius 1 is 0.931 bits per heavy atom. The second kappa shape index (κ2) is 9.84. The Kier molecular flexibility index (Phi) is 7.69. The van der Waals surface area contributed by atoms with Crippen LogP contribution in [0.2, 0.25) is 0 Å². The molecule has 0 aliphatic carbocycles. The summed E-state index contributed by atoms with van der Waals surface area (Å²) < 4.78 is 59.7. The third-order valence-electron chi connectivity index (χ3n) is 5.38. The van der Waals surface area contributed by atoms with E-state index in [0.29, 0.717) is 32.8 Å². The smallest absolute Gasteiger partial charge is 0.243 e. The second-order valence-corrected chi connectivity index (χ2v) is 11.5. The largest absolute Gasteiger partial charge is 0.379 e. The van der Waals surface area contributed by atoms with E-state index in [1.807, 2.05) is 6.92 Å². The Bertz CT molecular complexity index is 860. The minimum atomic E-state index is -3.68. The Balaban J connectivity index is 1.59. The van der Waals surface area contributed by atoms with Crippen molar-refractivity contribution in [3.05, 3.63) is 24.3 Å². The van der Waals surface area contributed by atoms with E-state index in [4.69, 9.17) is 4.74 Å². The summed E-state index contributed by atoms with van der Waals surface area (Å²) in [6.45, 7) is 6.77. The molecule has 0 radical (unpaired) electrons. The number of hydrogen-bond donors (Lipinski definition) is 1. The van der Waals surface area contributed by atoms with Crippen LogP contribution in [0, 0.1) is 5.92 Å². The number of sulfonamides is 2. The van der Waals surface area contributed by atoms with E-state index >= 15 is 0 Å². The minimum Gasteiger partial charge on any atom is -0.379 e. The fraction of sp³-hybridized carbons (Fsp3) is 0.684. The number of morpholine rings is 1. The summed E-state index contributed by atoms with van der Waals surface area (Å²) in [5, 5.41) is 0. The molecule has 0 aromatic heterocycles. The zero-order valence-corrected chi connectivity index (χ0v) is 18.6. The Morgan fingerprint density at radius 2 is 1.52 bits per heavy atom. The number of ether oxygens (including phenoxy) is 1. The van der Waals surface area contributed by atoms with E-state index in [0.717, 1.165) is 19.6 Å². The number of hydrogen-bond acceptors (Lipinski definition) is 6. The number of likely N-dealkylation sites (tertiary alicyclic amines) is 1. The summed E-state index contributed by atoms with van der Waals surface area (Å²) in [7, 11) is -7.31. The van der Waals surface area contributed by atoms with Crippen molar-refractivity contribution in [2.45, 2.75) is 36.0 Å². The van der Waals surface area contributed by atoms with E-state index in [-0.39, 0.29) is 15.7 Å². The van der Waals surface area contributed by atoms with Gasteiger partial charge in [0.05, 0.1) is 23.0 Å². The molecule has 1 unspecified atom stereocenters. The highest BCUT2D eigenvalue weighted by Crippen LogP contribution is 2.19. The molecular weight excluding hydrogens is 414 g/mol. The molecule has 1 N–H and O–H groups in total. The van der Waals surface area contributed by atoms with Crippen molar-refractivity contribution >= 4 is 20.0 Å². The molecule has 1 aromatic carbocycles. The molecule has 164 valence electrons. The average Bonchev–Trinajstić information content (AvgIpc) is 2.74. The molecule has 2 fully saturated rings. The van der Waals surface area contributed by atoms with Gasteiger partial charge in [-0.3, -0.25) is 0 Å². The van der Waals surface area contributed by atoms with E-state index in [9.17, 15) is 16.8 Å². The van der Waals surface area contributed by atoms with Crippen LogP contribution < -0.4 is 4.72 Å². The van der Waals surface area contributed by atoms with Gasteiger partial charge < -0.3 is 9.64 Å². The van der Waals surface area contributed by atoms with Crippen LogP contribution in [0.1, 0.15) is 26.2 Å². The van der Waals surface area contributed by atoms with Crippen molar-refractivity contribution in [3.63, 3.8) is 0 Å². The lowest BCUT2D eigenvalue weighted by Crippen LogP contribution is -2.40. The van der Waals surface area contributed by atoms with Gasteiger partial charge in [0, 0.05) is 26.2 Å². The molecule has 10 heteroatoms. The lowest BCUT2D eigenvalue weighted by Gasteiger charge is -2.29. The van der Waals surface area contributed by atoms with Crippen LogP contribution in [-0.4, -0.2) is 78.5 Å². The highest BCUT2D eigenvalue weighted by molar-refractivity contribution is 7.89. The van der Waals surface area contributed by atoms with Crippen molar-refractivity contribution in [1.82, 2.24) is 13.9 Å². The first-order chi connectivity index (χ1) is 13.8. The van der Waals surface area contributed by atoms with Crippen LogP contribution in [-0.2, 0) is 24.8 Å². The predicted octanol–water partition coefficient (Wildman–Crippen LogP) is 1.11. The molecular formula is C19H31N3O5S2. The lowest BCUT2D eigenvalue weighted by atomic mass is 10.1. The van der Waals surface area contributed by atoms with Crippen molar-refractivity contribution in [2.75, 3.05) is 52.5 Å². The molecule has 0 saturated carbocycles. The predicted molar refractivity (Wildman–Crippen MR) is 111 cm³/mol. The van der Waals surface area contributed by atoms with Crippen LogP contribution in [0.4, 0.5) is 0 Å². The van der Waals surface area contributed by atoms with Gasteiger partial charge in [-0.2, -0.15) is 4.31 Å². The molecule has 2 saturated heterocycles. The maximum atomic E-state index is 12.7. The molecule has 2 aliphatic rings. The second-order valence-electron chi connectivity index (χ2n) is 7.81. The van der Waals surface area contributed by atoms with Gasteiger partial charge in [-0.1, -0.05) is 13.3 Å². The highest BCUT2D eigenvalue weighted by Gasteiger charge is 2.27. The van der Waals surface area contributed by atoms with E-state index < -0.39 is 20.0 Å². The van der Waals surface area contributed by atoms with Crippen molar-refractivity contribution in [2.24, 2.45) is 5.92 Å². The van der Waals surface area contributed by atoms with Gasteiger partial charge in [0.2, 0.25) is 20.0 Å². The highest BCUT2D eigenvalue weighted by atomic mass is 32.2. The van der Waals surface area contributed by atoms with Crippen molar-refractivity contribution in [3.8, 4) is 0 Å². The van der Waals surface area contributed by atoms with Crippen LogP contribution in [0.15, 0.2) is 34.1 Å². The van der Waals surface area contributed by atoms with Gasteiger partial charge in [-0.15, -0.1) is 0 Å². The zero-order valence-electron chi connectivity index (χ0n) is 16.9. The van der Waals surface area contributed by atoms with Crippen LogP contribution >= 0.6 is 0 Å². The van der Waals surface area contributed by atoms with Crippen molar-refractivity contribution in [1.29, 1.82) is 0 Å². The molecule has 3 rings (SSSR count). The summed E-state index contributed by atoms with van der Waals surface area (Å²) >= 11 is 0. The fourth-order valence-corrected chi connectivity index (χ4v) is 6.28. The Labute approximate surface area is 174 Å². The van der Waals surface area contributed by atoms with Gasteiger partial charge >= 0.3 is 0 Å². The summed E-state index contributed by atoms with van der Waals surface area (Å²) in [5.41, 5.74) is 0. The number of rotatable bonds is 8. The summed E-state index contributed by atoms with van der Waals surface area (Å²) in [4.78, 5) is 2.55. The minimum absolute atomic E-state index is 0.0728. The maximum Gasteiger partial charge on any atom is 0.243 e. The molecule has 29 heavy (non-hydrogen) atoms. The first-order valence-electron chi connectivity index (χ1n) is 10.2. The summed E-state index contributed by atoms with van der Waals surface area (Å²) in [6.07, 6.45) is 3.69. The number of benzene rings is 1. The first-order valence-corrected chi connectivity index (χ1v) is 13.1. The number of nitrogens with zero attached hydrogens (tertiary/aromatic N) is 2. The van der Waals surface area contributed by atoms with Gasteiger partial charge in [-0.25, -0.2) is 21.6 Å². The van der Waals surface area contributed by atoms with Gasteiger partial charge in [0.1, 0.15) is 0 Å². The van der Waals surface area contributed by atoms with Gasteiger partial charge in [-0.05, 0) is 56.1 Å². The molecule has 0 spiro atoms. The molecule has 0 bridgehead atoms. The molecule has 8 nitrogen and oxygen atoms in total. The summed E-state index contributed by atoms with van der Waals surface area (Å²) in [6, 6.07) is 5.42. The molecule has 2 aliphatic heterocycles. The van der Waals surface area contributed by atoms with Crippen LogP contribution in [0.5, 0.6) is 0 Å². The fourth-order valence-electron chi connectivity index (χ4n) is 3.71.